The Kier molecular flexibility index (Phi) is 4.65. The van der Waals surface area contributed by atoms with Gasteiger partial charge >= 0.3 is 0 Å². The van der Waals surface area contributed by atoms with Gasteiger partial charge in [0.05, 0.1) is 16.9 Å². The predicted molar refractivity (Wildman–Crippen MR) is 82.0 cm³/mol. The second-order valence-electron chi connectivity index (χ2n) is 4.99. The van der Waals surface area contributed by atoms with Crippen LogP contribution < -0.4 is 5.32 Å². The van der Waals surface area contributed by atoms with E-state index >= 15 is 0 Å². The molecule has 1 N–H and O–H groups in total. The molecule has 1 aromatic carbocycles. The molecular weight excluding hydrogens is 274 g/mol. The molecule has 2 rings (SSSR count). The maximum atomic E-state index is 12.2. The molecule has 2 aromatic rings. The van der Waals surface area contributed by atoms with Gasteiger partial charge in [-0.05, 0) is 38.0 Å². The molecule has 1 aromatic heterocycles. The van der Waals surface area contributed by atoms with Gasteiger partial charge < -0.3 is 9.88 Å². The fraction of sp³-hybridized carbons (Fsp3) is 0.467. The molecule has 0 aliphatic heterocycles. The largest absolute Gasteiger partial charge is 0.354 e. The third-order valence-corrected chi connectivity index (χ3v) is 3.59. The summed E-state index contributed by atoms with van der Waals surface area (Å²) in [4.78, 5) is 16.7. The summed E-state index contributed by atoms with van der Waals surface area (Å²) in [5.74, 6) is 1.02. The molecule has 0 aliphatic rings. The first-order chi connectivity index (χ1) is 9.58. The molecule has 0 saturated carbocycles. The highest BCUT2D eigenvalue weighted by Crippen LogP contribution is 2.23. The lowest BCUT2D eigenvalue weighted by Gasteiger charge is -2.16. The molecule has 1 atom stereocenters. The van der Waals surface area contributed by atoms with Crippen LogP contribution in [0.15, 0.2) is 18.2 Å². The van der Waals surface area contributed by atoms with Crippen LogP contribution >= 0.6 is 11.6 Å². The van der Waals surface area contributed by atoms with E-state index in [1.54, 1.807) is 0 Å². The molecule has 0 spiro atoms. The number of alkyl halides is 1. The SMILES string of the molecule is CCCNC(=O)C(C)n1c(CCl)nc2ccc(C)cc21. The van der Waals surface area contributed by atoms with E-state index in [-0.39, 0.29) is 11.9 Å². The van der Waals surface area contributed by atoms with E-state index in [0.29, 0.717) is 12.4 Å². The number of benzene rings is 1. The lowest BCUT2D eigenvalue weighted by Crippen LogP contribution is -2.32. The summed E-state index contributed by atoms with van der Waals surface area (Å²) < 4.78 is 1.93. The maximum absolute atomic E-state index is 12.2. The van der Waals surface area contributed by atoms with Crippen LogP contribution in [0.2, 0.25) is 0 Å². The minimum Gasteiger partial charge on any atom is -0.354 e. The number of carbonyl (C=O) groups excluding carboxylic acids is 1. The zero-order valence-corrected chi connectivity index (χ0v) is 12.9. The van der Waals surface area contributed by atoms with Gasteiger partial charge in [0.1, 0.15) is 11.9 Å². The third kappa shape index (κ3) is 2.80. The van der Waals surface area contributed by atoms with Gasteiger partial charge in [0.2, 0.25) is 5.91 Å². The van der Waals surface area contributed by atoms with Crippen molar-refractivity contribution >= 4 is 28.5 Å². The number of aromatic nitrogens is 2. The molecule has 108 valence electrons. The molecule has 0 bridgehead atoms. The lowest BCUT2D eigenvalue weighted by atomic mass is 10.2. The quantitative estimate of drug-likeness (QED) is 0.861. The molecular formula is C15H20ClN3O. The van der Waals surface area contributed by atoms with Gasteiger partial charge in [-0.2, -0.15) is 0 Å². The van der Waals surface area contributed by atoms with Crippen LogP contribution in [0.5, 0.6) is 0 Å². The maximum Gasteiger partial charge on any atom is 0.242 e. The van der Waals surface area contributed by atoms with Crippen LogP contribution in [-0.4, -0.2) is 22.0 Å². The van der Waals surface area contributed by atoms with Crippen LogP contribution in [0.4, 0.5) is 0 Å². The number of amides is 1. The van der Waals surface area contributed by atoms with E-state index in [1.165, 1.54) is 0 Å². The standard InChI is InChI=1S/C15H20ClN3O/c1-4-7-17-15(20)11(3)19-13-8-10(2)5-6-12(13)18-14(19)9-16/h5-6,8,11H,4,7,9H2,1-3H3,(H,17,20). The number of nitrogens with zero attached hydrogens (tertiary/aromatic N) is 2. The van der Waals surface area contributed by atoms with Crippen molar-refractivity contribution in [3.05, 3.63) is 29.6 Å². The average Bonchev–Trinajstić information content (AvgIpc) is 2.81. The Morgan fingerprint density at radius 3 is 2.90 bits per heavy atom. The first kappa shape index (κ1) is 14.9. The molecule has 5 heteroatoms. The minimum absolute atomic E-state index is 0.000905. The summed E-state index contributed by atoms with van der Waals surface area (Å²) >= 11 is 5.98. The Labute approximate surface area is 124 Å². The summed E-state index contributed by atoms with van der Waals surface area (Å²) in [6.07, 6.45) is 0.921. The van der Waals surface area contributed by atoms with Crippen LogP contribution in [0.25, 0.3) is 11.0 Å². The monoisotopic (exact) mass is 293 g/mol. The van der Waals surface area contributed by atoms with Crippen LogP contribution in [0, 0.1) is 6.92 Å². The molecule has 1 heterocycles. The van der Waals surface area contributed by atoms with Crippen molar-refractivity contribution in [2.24, 2.45) is 0 Å². The molecule has 0 saturated heterocycles. The van der Waals surface area contributed by atoms with Gasteiger partial charge in [-0.3, -0.25) is 4.79 Å². The first-order valence-electron chi connectivity index (χ1n) is 6.89. The molecule has 0 aliphatic carbocycles. The number of aryl methyl sites for hydroxylation is 1. The van der Waals surface area contributed by atoms with Crippen molar-refractivity contribution in [3.63, 3.8) is 0 Å². The van der Waals surface area contributed by atoms with E-state index < -0.39 is 0 Å². The number of hydrogen-bond acceptors (Lipinski definition) is 2. The van der Waals surface area contributed by atoms with E-state index in [0.717, 1.165) is 28.8 Å². The first-order valence-corrected chi connectivity index (χ1v) is 7.43. The highest BCUT2D eigenvalue weighted by atomic mass is 35.5. The molecule has 0 fully saturated rings. The summed E-state index contributed by atoms with van der Waals surface area (Å²) in [5.41, 5.74) is 2.97. The third-order valence-electron chi connectivity index (χ3n) is 3.35. The van der Waals surface area contributed by atoms with E-state index in [4.69, 9.17) is 11.6 Å². The van der Waals surface area contributed by atoms with Gasteiger partial charge in [-0.25, -0.2) is 4.98 Å². The van der Waals surface area contributed by atoms with Gasteiger partial charge in [-0.15, -0.1) is 11.6 Å². The zero-order valence-electron chi connectivity index (χ0n) is 12.1. The van der Waals surface area contributed by atoms with Crippen molar-refractivity contribution in [1.82, 2.24) is 14.9 Å². The minimum atomic E-state index is -0.318. The van der Waals surface area contributed by atoms with E-state index in [9.17, 15) is 4.79 Å². The Morgan fingerprint density at radius 2 is 2.25 bits per heavy atom. The van der Waals surface area contributed by atoms with Crippen molar-refractivity contribution < 1.29 is 4.79 Å². The summed E-state index contributed by atoms with van der Waals surface area (Å²) in [6.45, 7) is 6.62. The fourth-order valence-electron chi connectivity index (χ4n) is 2.29. The zero-order chi connectivity index (χ0) is 14.7. The number of rotatable bonds is 5. The summed E-state index contributed by atoms with van der Waals surface area (Å²) in [5, 5.41) is 2.92. The fourth-order valence-corrected chi connectivity index (χ4v) is 2.48. The summed E-state index contributed by atoms with van der Waals surface area (Å²) in [6, 6.07) is 5.71. The van der Waals surface area contributed by atoms with Crippen LogP contribution in [0.1, 0.15) is 37.7 Å². The number of hydrogen-bond donors (Lipinski definition) is 1. The number of carbonyl (C=O) groups is 1. The van der Waals surface area contributed by atoms with Gasteiger partial charge in [-0.1, -0.05) is 13.0 Å². The Bertz CT molecular complexity index is 621. The predicted octanol–water partition coefficient (Wildman–Crippen LogP) is 3.17. The number of halogens is 1. The van der Waals surface area contributed by atoms with Crippen molar-refractivity contribution in [1.29, 1.82) is 0 Å². The van der Waals surface area contributed by atoms with Crippen LogP contribution in [-0.2, 0) is 10.7 Å². The molecule has 1 amide bonds. The average molecular weight is 294 g/mol. The second-order valence-corrected chi connectivity index (χ2v) is 5.26. The van der Waals surface area contributed by atoms with Crippen LogP contribution in [0.3, 0.4) is 0 Å². The highest BCUT2D eigenvalue weighted by molar-refractivity contribution is 6.17. The smallest absolute Gasteiger partial charge is 0.242 e. The Hall–Kier alpha value is -1.55. The second kappa shape index (κ2) is 6.27. The molecule has 0 radical (unpaired) electrons. The van der Waals surface area contributed by atoms with Gasteiger partial charge in [0, 0.05) is 6.54 Å². The Morgan fingerprint density at radius 1 is 1.50 bits per heavy atom. The molecule has 4 nitrogen and oxygen atoms in total. The van der Waals surface area contributed by atoms with Crippen molar-refractivity contribution in [3.8, 4) is 0 Å². The number of nitrogens with one attached hydrogen (secondary N) is 1. The highest BCUT2D eigenvalue weighted by Gasteiger charge is 2.20. The normalized spacial score (nSPS) is 12.6. The Balaban J connectivity index is 2.45. The van der Waals surface area contributed by atoms with Crippen molar-refractivity contribution in [2.45, 2.75) is 39.1 Å². The van der Waals surface area contributed by atoms with Crippen molar-refractivity contribution in [2.75, 3.05) is 6.54 Å². The molecule has 1 unspecified atom stereocenters. The molecule has 20 heavy (non-hydrogen) atoms. The summed E-state index contributed by atoms with van der Waals surface area (Å²) in [7, 11) is 0. The lowest BCUT2D eigenvalue weighted by molar-refractivity contribution is -0.123. The number of imidazole rings is 1. The van der Waals surface area contributed by atoms with Gasteiger partial charge in [0.15, 0.2) is 0 Å². The topological polar surface area (TPSA) is 46.9 Å². The van der Waals surface area contributed by atoms with E-state index in [1.807, 2.05) is 43.5 Å². The van der Waals surface area contributed by atoms with E-state index in [2.05, 4.69) is 10.3 Å². The van der Waals surface area contributed by atoms with Gasteiger partial charge in [0.25, 0.3) is 0 Å². The number of fused-ring (bicyclic) bond motifs is 1.